The zero-order valence-electron chi connectivity index (χ0n) is 6.34. The van der Waals surface area contributed by atoms with Crippen LogP contribution >= 0.6 is 0 Å². The van der Waals surface area contributed by atoms with Crippen LogP contribution in [-0.4, -0.2) is 32.0 Å². The molecule has 62 valence electrons. The molecule has 0 bridgehead atoms. The highest BCUT2D eigenvalue weighted by molar-refractivity contribution is 5.77. The predicted molar refractivity (Wildman–Crippen MR) is 43.7 cm³/mol. The Kier molecular flexibility index (Phi) is 3.07. The molecule has 0 aromatic carbocycles. The molecule has 1 saturated heterocycles. The number of nitrogens with two attached hydrogens (primary N) is 1. The molecule has 1 aliphatic heterocycles. The lowest BCUT2D eigenvalue weighted by molar-refractivity contribution is 0.0554. The van der Waals surface area contributed by atoms with E-state index in [2.05, 4.69) is 5.32 Å². The number of ether oxygens (including phenoxy) is 1. The second kappa shape index (κ2) is 4.10. The molecule has 0 spiro atoms. The summed E-state index contributed by atoms with van der Waals surface area (Å²) in [6, 6.07) is 0. The summed E-state index contributed by atoms with van der Waals surface area (Å²) in [5.41, 5.74) is 6.03. The Bertz CT molecular complexity index is 161. The van der Waals surface area contributed by atoms with Crippen molar-refractivity contribution in [2.45, 2.75) is 6.10 Å². The lowest BCUT2D eigenvalue weighted by Gasteiger charge is -2.23. The van der Waals surface area contributed by atoms with Crippen molar-refractivity contribution in [3.8, 4) is 0 Å². The molecule has 1 fully saturated rings. The number of nitrogens with one attached hydrogen (secondary N) is 2. The smallest absolute Gasteiger partial charge is 0.0978 e. The fourth-order valence-corrected chi connectivity index (χ4v) is 1.03. The Labute approximate surface area is 65.9 Å². The minimum atomic E-state index is -0.0359. The highest BCUT2D eigenvalue weighted by Gasteiger charge is 2.15. The van der Waals surface area contributed by atoms with E-state index in [9.17, 15) is 0 Å². The average molecular weight is 155 g/mol. The van der Waals surface area contributed by atoms with Gasteiger partial charge >= 0.3 is 0 Å². The Hall–Kier alpha value is -0.870. The van der Waals surface area contributed by atoms with Crippen LogP contribution in [0.1, 0.15) is 0 Å². The van der Waals surface area contributed by atoms with E-state index in [4.69, 9.17) is 15.9 Å². The molecular formula is C7H13N3O. The Morgan fingerprint density at radius 3 is 3.00 bits per heavy atom. The maximum atomic E-state index is 7.02. The van der Waals surface area contributed by atoms with Crippen LogP contribution in [0.5, 0.6) is 0 Å². The molecule has 1 heterocycles. The minimum absolute atomic E-state index is 0.0359. The van der Waals surface area contributed by atoms with Crippen LogP contribution in [-0.2, 0) is 4.74 Å². The summed E-state index contributed by atoms with van der Waals surface area (Å²) in [5, 5.41) is 10.2. The molecular weight excluding hydrogens is 142 g/mol. The van der Waals surface area contributed by atoms with Gasteiger partial charge < -0.3 is 21.2 Å². The largest absolute Gasteiger partial charge is 0.404 e. The summed E-state index contributed by atoms with van der Waals surface area (Å²) in [6.07, 6.45) is 2.62. The second-order valence-corrected chi connectivity index (χ2v) is 2.37. The first-order valence-electron chi connectivity index (χ1n) is 3.63. The van der Waals surface area contributed by atoms with Gasteiger partial charge in [0.2, 0.25) is 0 Å². The van der Waals surface area contributed by atoms with Gasteiger partial charge in [-0.15, -0.1) is 0 Å². The van der Waals surface area contributed by atoms with E-state index < -0.39 is 0 Å². The number of morpholine rings is 1. The molecule has 0 saturated carbocycles. The van der Waals surface area contributed by atoms with Crippen molar-refractivity contribution in [2.75, 3.05) is 19.7 Å². The molecule has 4 nitrogen and oxygen atoms in total. The average Bonchev–Trinajstić information content (AvgIpc) is 2.09. The molecule has 1 atom stereocenters. The van der Waals surface area contributed by atoms with E-state index in [-0.39, 0.29) is 6.10 Å². The van der Waals surface area contributed by atoms with Crippen molar-refractivity contribution in [1.82, 2.24) is 5.32 Å². The monoisotopic (exact) mass is 155 g/mol. The van der Waals surface area contributed by atoms with E-state index >= 15 is 0 Å². The van der Waals surface area contributed by atoms with Crippen molar-refractivity contribution < 1.29 is 4.74 Å². The number of rotatable bonds is 2. The Balaban J connectivity index is 2.49. The molecule has 0 aromatic rings. The highest BCUT2D eigenvalue weighted by Crippen LogP contribution is 2.04. The molecule has 1 unspecified atom stereocenters. The van der Waals surface area contributed by atoms with Gasteiger partial charge in [0.15, 0.2) is 0 Å². The summed E-state index contributed by atoms with van der Waals surface area (Å²) >= 11 is 0. The minimum Gasteiger partial charge on any atom is -0.404 e. The molecule has 4 N–H and O–H groups in total. The summed E-state index contributed by atoms with van der Waals surface area (Å²) in [5.74, 6) is 0. The topological polar surface area (TPSA) is 71.1 Å². The van der Waals surface area contributed by atoms with E-state index in [1.54, 1.807) is 0 Å². The van der Waals surface area contributed by atoms with Crippen molar-refractivity contribution in [3.63, 3.8) is 0 Å². The van der Waals surface area contributed by atoms with Gasteiger partial charge in [-0.25, -0.2) is 0 Å². The SMILES string of the molecule is N=C/C(=C\N)C1CNCCO1. The van der Waals surface area contributed by atoms with Crippen LogP contribution in [0.25, 0.3) is 0 Å². The third-order valence-corrected chi connectivity index (χ3v) is 1.66. The van der Waals surface area contributed by atoms with Crippen LogP contribution in [0.4, 0.5) is 0 Å². The van der Waals surface area contributed by atoms with Gasteiger partial charge in [-0.1, -0.05) is 0 Å². The van der Waals surface area contributed by atoms with E-state index in [0.717, 1.165) is 18.7 Å². The molecule has 11 heavy (non-hydrogen) atoms. The molecule has 0 aromatic heterocycles. The fourth-order valence-electron chi connectivity index (χ4n) is 1.03. The maximum Gasteiger partial charge on any atom is 0.0978 e. The summed E-state index contributed by atoms with van der Waals surface area (Å²) in [7, 11) is 0. The molecule has 1 rings (SSSR count). The van der Waals surface area contributed by atoms with Crippen LogP contribution in [0.3, 0.4) is 0 Å². The second-order valence-electron chi connectivity index (χ2n) is 2.37. The van der Waals surface area contributed by atoms with Gasteiger partial charge in [0.05, 0.1) is 12.7 Å². The Morgan fingerprint density at radius 1 is 1.73 bits per heavy atom. The lowest BCUT2D eigenvalue weighted by atomic mass is 10.1. The van der Waals surface area contributed by atoms with Gasteiger partial charge in [-0.2, -0.15) is 0 Å². The van der Waals surface area contributed by atoms with Gasteiger partial charge in [0, 0.05) is 31.1 Å². The van der Waals surface area contributed by atoms with Crippen LogP contribution in [0, 0.1) is 5.41 Å². The van der Waals surface area contributed by atoms with Gasteiger partial charge in [-0.05, 0) is 0 Å². The Morgan fingerprint density at radius 2 is 2.55 bits per heavy atom. The third-order valence-electron chi connectivity index (χ3n) is 1.66. The zero-order valence-corrected chi connectivity index (χ0v) is 6.34. The van der Waals surface area contributed by atoms with Crippen LogP contribution in [0.2, 0.25) is 0 Å². The zero-order chi connectivity index (χ0) is 8.10. The molecule has 1 aliphatic rings. The number of hydrogen-bond donors (Lipinski definition) is 3. The quantitative estimate of drug-likeness (QED) is 0.469. The first kappa shape index (κ1) is 8.23. The van der Waals surface area contributed by atoms with E-state index in [0.29, 0.717) is 6.61 Å². The van der Waals surface area contributed by atoms with E-state index in [1.165, 1.54) is 12.4 Å². The van der Waals surface area contributed by atoms with Crippen LogP contribution < -0.4 is 11.1 Å². The summed E-state index contributed by atoms with van der Waals surface area (Å²) in [4.78, 5) is 0. The maximum absolute atomic E-state index is 7.02. The molecule has 0 aliphatic carbocycles. The third kappa shape index (κ3) is 2.03. The number of hydrogen-bond acceptors (Lipinski definition) is 4. The lowest BCUT2D eigenvalue weighted by Crippen LogP contribution is -2.40. The molecule has 4 heteroatoms. The van der Waals surface area contributed by atoms with Crippen LogP contribution in [0.15, 0.2) is 11.8 Å². The molecule has 0 amide bonds. The predicted octanol–water partition coefficient (Wildman–Crippen LogP) is -0.533. The van der Waals surface area contributed by atoms with Crippen molar-refractivity contribution >= 4 is 6.21 Å². The van der Waals surface area contributed by atoms with Crippen molar-refractivity contribution in [2.24, 2.45) is 5.73 Å². The first-order chi connectivity index (χ1) is 5.38. The van der Waals surface area contributed by atoms with Gasteiger partial charge in [0.1, 0.15) is 0 Å². The van der Waals surface area contributed by atoms with E-state index in [1.807, 2.05) is 0 Å². The highest BCUT2D eigenvalue weighted by atomic mass is 16.5. The van der Waals surface area contributed by atoms with Gasteiger partial charge in [0.25, 0.3) is 0 Å². The normalized spacial score (nSPS) is 26.5. The first-order valence-corrected chi connectivity index (χ1v) is 3.63. The summed E-state index contributed by atoms with van der Waals surface area (Å²) < 4.78 is 5.36. The van der Waals surface area contributed by atoms with Gasteiger partial charge in [-0.3, -0.25) is 0 Å². The molecule has 0 radical (unpaired) electrons. The fraction of sp³-hybridized carbons (Fsp3) is 0.571. The standard InChI is InChI=1S/C7H13N3O/c8-3-6(4-9)7-5-10-1-2-11-7/h3-4,7-8,10H,1-2,5,9H2/b6-4+,8-3?. The van der Waals surface area contributed by atoms with Crippen molar-refractivity contribution in [3.05, 3.63) is 11.8 Å². The summed E-state index contributed by atoms with van der Waals surface area (Å²) in [6.45, 7) is 2.32. The van der Waals surface area contributed by atoms with Crippen molar-refractivity contribution in [1.29, 1.82) is 5.41 Å².